The maximum absolute atomic E-state index is 11.6. The fourth-order valence-electron chi connectivity index (χ4n) is 4.13. The maximum atomic E-state index is 11.6. The Labute approximate surface area is 198 Å². The van der Waals surface area contributed by atoms with Crippen molar-refractivity contribution in [2.75, 3.05) is 0 Å². The van der Waals surface area contributed by atoms with E-state index in [-0.39, 0.29) is 25.1 Å². The number of benzene rings is 4. The van der Waals surface area contributed by atoms with Gasteiger partial charge in [0, 0.05) is 0 Å². The van der Waals surface area contributed by atoms with E-state index in [1.165, 1.54) is 31.1 Å². The molecule has 3 nitrogen and oxygen atoms in total. The molecule has 4 heteroatoms. The molecule has 0 radical (unpaired) electrons. The Morgan fingerprint density at radius 3 is 1.79 bits per heavy atom. The van der Waals surface area contributed by atoms with Gasteiger partial charge in [-0.2, -0.15) is 0 Å². The van der Waals surface area contributed by atoms with Gasteiger partial charge in [0.1, 0.15) is 0 Å². The molecule has 0 aliphatic rings. The van der Waals surface area contributed by atoms with Gasteiger partial charge in [0.2, 0.25) is 0 Å². The molecule has 0 atom stereocenters. The van der Waals surface area contributed by atoms with Gasteiger partial charge in [-0.25, -0.2) is 0 Å². The summed E-state index contributed by atoms with van der Waals surface area (Å²) < 4.78 is 2.61. The van der Waals surface area contributed by atoms with Crippen LogP contribution in [0.3, 0.4) is 0 Å². The van der Waals surface area contributed by atoms with Gasteiger partial charge < -0.3 is 0 Å². The van der Waals surface area contributed by atoms with Crippen molar-refractivity contribution in [3.05, 3.63) is 137 Å². The summed E-state index contributed by atoms with van der Waals surface area (Å²) in [5.74, 6) is 0. The molecule has 5 rings (SSSR count). The number of hydrogen-bond donors (Lipinski definition) is 0. The van der Waals surface area contributed by atoms with Crippen LogP contribution in [0.25, 0.3) is 31.1 Å². The Hall–Kier alpha value is -3.72. The SMILES string of the molecule is O=[N+]([O-])c1cccc(-c2c(-c3ccccc3)[se]c(-c3ccccc3)c2Cc2ccccc2)c1. The van der Waals surface area contributed by atoms with E-state index in [0.29, 0.717) is 0 Å². The first-order valence-electron chi connectivity index (χ1n) is 10.8. The van der Waals surface area contributed by atoms with Crippen molar-refractivity contribution >= 4 is 20.2 Å². The second kappa shape index (κ2) is 9.41. The topological polar surface area (TPSA) is 43.1 Å². The van der Waals surface area contributed by atoms with Crippen LogP contribution in [-0.2, 0) is 6.42 Å². The van der Waals surface area contributed by atoms with E-state index < -0.39 is 0 Å². The first-order valence-corrected chi connectivity index (χ1v) is 12.5. The van der Waals surface area contributed by atoms with Crippen molar-refractivity contribution in [2.45, 2.75) is 6.42 Å². The van der Waals surface area contributed by atoms with Gasteiger partial charge in [-0.1, -0.05) is 0 Å². The van der Waals surface area contributed by atoms with E-state index in [1.807, 2.05) is 24.3 Å². The minimum atomic E-state index is -0.314. The number of rotatable bonds is 6. The van der Waals surface area contributed by atoms with Crippen LogP contribution < -0.4 is 0 Å². The monoisotopic (exact) mass is 495 g/mol. The fourth-order valence-corrected chi connectivity index (χ4v) is 6.97. The number of hydrogen-bond acceptors (Lipinski definition) is 2. The normalized spacial score (nSPS) is 10.8. The molecule has 0 amide bonds. The van der Waals surface area contributed by atoms with Crippen molar-refractivity contribution in [3.8, 4) is 31.1 Å². The summed E-state index contributed by atoms with van der Waals surface area (Å²) in [7, 11) is 0. The van der Waals surface area contributed by atoms with Crippen LogP contribution in [-0.4, -0.2) is 19.4 Å². The number of non-ortho nitro benzene ring substituents is 1. The molecule has 5 aromatic rings. The van der Waals surface area contributed by atoms with Crippen LogP contribution in [0.4, 0.5) is 5.69 Å². The standard InChI is InChI=1S/C29H21NO2Se/c31-30(32)25-18-10-17-24(20-25)27-26(19-21-11-4-1-5-12-21)28(22-13-6-2-7-14-22)33-29(27)23-15-8-3-9-16-23/h1-18,20H,19H2. The minimum absolute atomic E-state index is 0.0623. The van der Waals surface area contributed by atoms with Gasteiger partial charge in [0.15, 0.2) is 0 Å². The summed E-state index contributed by atoms with van der Waals surface area (Å²) in [6.07, 6.45) is 0.779. The molecule has 0 bridgehead atoms. The third-order valence-corrected chi connectivity index (χ3v) is 8.44. The average molecular weight is 494 g/mol. The molecule has 0 unspecified atom stereocenters. The average Bonchev–Trinajstić information content (AvgIpc) is 3.25. The number of nitro benzene ring substituents is 1. The molecule has 0 spiro atoms. The molecule has 1 aromatic heterocycles. The van der Waals surface area contributed by atoms with E-state index in [1.54, 1.807) is 18.2 Å². The van der Waals surface area contributed by atoms with E-state index >= 15 is 0 Å². The summed E-state index contributed by atoms with van der Waals surface area (Å²) >= 11 is 0.0623. The zero-order chi connectivity index (χ0) is 22.6. The van der Waals surface area contributed by atoms with Crippen LogP contribution in [0.15, 0.2) is 115 Å². The van der Waals surface area contributed by atoms with Crippen LogP contribution in [0.5, 0.6) is 0 Å². The molecule has 0 fully saturated rings. The van der Waals surface area contributed by atoms with Crippen LogP contribution >= 0.6 is 0 Å². The van der Waals surface area contributed by atoms with Crippen LogP contribution in [0, 0.1) is 10.1 Å². The zero-order valence-electron chi connectivity index (χ0n) is 17.8. The van der Waals surface area contributed by atoms with Crippen molar-refractivity contribution < 1.29 is 4.92 Å². The van der Waals surface area contributed by atoms with E-state index in [2.05, 4.69) is 72.8 Å². The predicted molar refractivity (Wildman–Crippen MR) is 136 cm³/mol. The fraction of sp³-hybridized carbons (Fsp3) is 0.0345. The molecular weight excluding hydrogens is 473 g/mol. The molecule has 0 saturated heterocycles. The Balaban J connectivity index is 1.81. The van der Waals surface area contributed by atoms with Gasteiger partial charge in [-0.05, 0) is 0 Å². The summed E-state index contributed by atoms with van der Waals surface area (Å²) in [5, 5.41) is 11.6. The first-order chi connectivity index (χ1) is 16.2. The van der Waals surface area contributed by atoms with Gasteiger partial charge in [-0.15, -0.1) is 0 Å². The van der Waals surface area contributed by atoms with Crippen molar-refractivity contribution in [3.63, 3.8) is 0 Å². The second-order valence-corrected chi connectivity index (χ2v) is 9.96. The molecule has 1 heterocycles. The van der Waals surface area contributed by atoms with Crippen molar-refractivity contribution in [1.29, 1.82) is 0 Å². The summed E-state index contributed by atoms with van der Waals surface area (Å²) in [5.41, 5.74) is 7.04. The van der Waals surface area contributed by atoms with E-state index in [4.69, 9.17) is 0 Å². The number of nitro groups is 1. The molecule has 0 N–H and O–H groups in total. The summed E-state index contributed by atoms with van der Waals surface area (Å²) in [6.45, 7) is 0. The molecule has 0 aliphatic carbocycles. The van der Waals surface area contributed by atoms with Crippen molar-refractivity contribution in [1.82, 2.24) is 0 Å². The Kier molecular flexibility index (Phi) is 6.03. The third kappa shape index (κ3) is 4.45. The van der Waals surface area contributed by atoms with E-state index in [0.717, 1.165) is 17.5 Å². The Morgan fingerprint density at radius 2 is 1.18 bits per heavy atom. The first kappa shape index (κ1) is 21.1. The van der Waals surface area contributed by atoms with E-state index in [9.17, 15) is 10.1 Å². The Morgan fingerprint density at radius 1 is 0.636 bits per heavy atom. The summed E-state index contributed by atoms with van der Waals surface area (Å²) in [4.78, 5) is 11.2. The van der Waals surface area contributed by atoms with Gasteiger partial charge in [0.25, 0.3) is 0 Å². The van der Waals surface area contributed by atoms with Gasteiger partial charge >= 0.3 is 199 Å². The predicted octanol–water partition coefficient (Wildman–Crippen LogP) is 7.24. The summed E-state index contributed by atoms with van der Waals surface area (Å²) in [6, 6.07) is 38.5. The molecule has 160 valence electrons. The van der Waals surface area contributed by atoms with Crippen LogP contribution in [0.1, 0.15) is 11.1 Å². The molecule has 0 saturated carbocycles. The second-order valence-electron chi connectivity index (χ2n) is 7.82. The molecule has 4 aromatic carbocycles. The Bertz CT molecular complexity index is 1390. The third-order valence-electron chi connectivity index (χ3n) is 5.65. The molecule has 33 heavy (non-hydrogen) atoms. The molecule has 0 aliphatic heterocycles. The van der Waals surface area contributed by atoms with Gasteiger partial charge in [-0.3, -0.25) is 0 Å². The quantitative estimate of drug-likeness (QED) is 0.142. The van der Waals surface area contributed by atoms with Crippen molar-refractivity contribution in [2.24, 2.45) is 0 Å². The zero-order valence-corrected chi connectivity index (χ0v) is 19.6. The number of nitrogens with zero attached hydrogens (tertiary/aromatic N) is 1. The van der Waals surface area contributed by atoms with Crippen LogP contribution in [0.2, 0.25) is 0 Å². The molecular formula is C29H21NO2Se. The van der Waals surface area contributed by atoms with Gasteiger partial charge in [0.05, 0.1) is 0 Å².